The van der Waals surface area contributed by atoms with Crippen LogP contribution < -0.4 is 5.32 Å². The third-order valence-electron chi connectivity index (χ3n) is 2.54. The smallest absolute Gasteiger partial charge is 0.328 e. The van der Waals surface area contributed by atoms with Crippen LogP contribution in [0.3, 0.4) is 0 Å². The van der Waals surface area contributed by atoms with Gasteiger partial charge in [0.2, 0.25) is 5.91 Å². The van der Waals surface area contributed by atoms with E-state index in [1.54, 1.807) is 0 Å². The summed E-state index contributed by atoms with van der Waals surface area (Å²) in [5.41, 5.74) is -0.322. The molecule has 0 aromatic heterocycles. The van der Waals surface area contributed by atoms with Gasteiger partial charge in [-0.05, 0) is 18.3 Å². The Balaban J connectivity index is 2.63. The van der Waals surface area contributed by atoms with Crippen LogP contribution in [0.2, 0.25) is 0 Å². The molecule has 15 heavy (non-hydrogen) atoms. The lowest BCUT2D eigenvalue weighted by molar-refractivity contribution is -0.148. The van der Waals surface area contributed by atoms with E-state index in [-0.39, 0.29) is 23.2 Å². The summed E-state index contributed by atoms with van der Waals surface area (Å²) in [4.78, 5) is 23.1. The highest BCUT2D eigenvalue weighted by atomic mass is 16.5. The van der Waals surface area contributed by atoms with E-state index in [2.05, 4.69) is 10.1 Å². The largest absolute Gasteiger partial charge is 0.467 e. The lowest BCUT2D eigenvalue weighted by atomic mass is 9.86. The van der Waals surface area contributed by atoms with Gasteiger partial charge in [0.1, 0.15) is 6.04 Å². The maximum Gasteiger partial charge on any atom is 0.328 e. The van der Waals surface area contributed by atoms with E-state index >= 15 is 0 Å². The average molecular weight is 213 g/mol. The van der Waals surface area contributed by atoms with Crippen LogP contribution >= 0.6 is 0 Å². The van der Waals surface area contributed by atoms with Crippen molar-refractivity contribution in [2.24, 2.45) is 11.3 Å². The first-order chi connectivity index (χ1) is 6.86. The molecule has 86 valence electrons. The number of rotatable bonds is 3. The van der Waals surface area contributed by atoms with E-state index in [4.69, 9.17) is 0 Å². The van der Waals surface area contributed by atoms with Crippen molar-refractivity contribution in [1.29, 1.82) is 0 Å². The average Bonchev–Trinajstić information content (AvgIpc) is 2.93. The van der Waals surface area contributed by atoms with Gasteiger partial charge in [0.15, 0.2) is 0 Å². The second kappa shape index (κ2) is 4.21. The van der Waals surface area contributed by atoms with Crippen LogP contribution in [0.15, 0.2) is 0 Å². The molecule has 1 aliphatic carbocycles. The molecule has 0 aromatic carbocycles. The van der Waals surface area contributed by atoms with E-state index < -0.39 is 6.04 Å². The lowest BCUT2D eigenvalue weighted by Crippen LogP contribution is -2.50. The SMILES string of the molecule is COC(=O)[C@H](NC(=O)C1CC1)C(C)(C)C. The standard InChI is InChI=1S/C11H19NO3/c1-11(2,3)8(10(14)15-4)12-9(13)7-5-6-7/h7-8H,5-6H2,1-4H3,(H,12,13)/t8-/m0/s1. The molecule has 1 rings (SSSR count). The number of hydrogen-bond acceptors (Lipinski definition) is 3. The summed E-state index contributed by atoms with van der Waals surface area (Å²) in [6.07, 6.45) is 1.87. The predicted octanol–water partition coefficient (Wildman–Crippen LogP) is 1.10. The summed E-state index contributed by atoms with van der Waals surface area (Å²) in [5, 5.41) is 2.76. The molecule has 1 N–H and O–H groups in total. The van der Waals surface area contributed by atoms with Crippen LogP contribution in [0.25, 0.3) is 0 Å². The Morgan fingerprint density at radius 2 is 1.87 bits per heavy atom. The fourth-order valence-corrected chi connectivity index (χ4v) is 1.35. The first-order valence-corrected chi connectivity index (χ1v) is 5.24. The number of ether oxygens (including phenoxy) is 1. The van der Waals surface area contributed by atoms with Crippen LogP contribution in [-0.2, 0) is 14.3 Å². The van der Waals surface area contributed by atoms with Gasteiger partial charge in [0, 0.05) is 5.92 Å². The van der Waals surface area contributed by atoms with E-state index in [1.807, 2.05) is 20.8 Å². The Morgan fingerprint density at radius 3 is 2.20 bits per heavy atom. The van der Waals surface area contributed by atoms with E-state index in [9.17, 15) is 9.59 Å². The van der Waals surface area contributed by atoms with Gasteiger partial charge in [0.25, 0.3) is 0 Å². The minimum Gasteiger partial charge on any atom is -0.467 e. The van der Waals surface area contributed by atoms with Crippen LogP contribution in [0.4, 0.5) is 0 Å². The third-order valence-corrected chi connectivity index (χ3v) is 2.54. The summed E-state index contributed by atoms with van der Waals surface area (Å²) in [6, 6.07) is -0.560. The molecule has 4 nitrogen and oxygen atoms in total. The van der Waals surface area contributed by atoms with Gasteiger partial charge in [-0.25, -0.2) is 4.79 Å². The highest BCUT2D eigenvalue weighted by Gasteiger charge is 2.37. The summed E-state index contributed by atoms with van der Waals surface area (Å²) >= 11 is 0. The number of carbonyl (C=O) groups is 2. The molecule has 0 heterocycles. The Kier molecular flexibility index (Phi) is 3.37. The molecule has 4 heteroatoms. The summed E-state index contributed by atoms with van der Waals surface area (Å²) < 4.78 is 4.69. The van der Waals surface area contributed by atoms with Crippen molar-refractivity contribution in [3.8, 4) is 0 Å². The summed E-state index contributed by atoms with van der Waals surface area (Å²) in [7, 11) is 1.34. The van der Waals surface area contributed by atoms with Crippen LogP contribution in [0.5, 0.6) is 0 Å². The molecule has 0 radical (unpaired) electrons. The fraction of sp³-hybridized carbons (Fsp3) is 0.818. The van der Waals surface area contributed by atoms with Crippen molar-refractivity contribution >= 4 is 11.9 Å². The number of methoxy groups -OCH3 is 1. The molecule has 1 amide bonds. The summed E-state index contributed by atoms with van der Waals surface area (Å²) in [5.74, 6) is -0.295. The zero-order chi connectivity index (χ0) is 11.6. The molecular formula is C11H19NO3. The minimum absolute atomic E-state index is 0.0275. The number of esters is 1. The normalized spacial score (nSPS) is 18.1. The molecule has 0 spiro atoms. The predicted molar refractivity (Wildman–Crippen MR) is 56.1 cm³/mol. The molecule has 1 saturated carbocycles. The maximum absolute atomic E-state index is 11.6. The molecule has 0 unspecified atom stereocenters. The fourth-order valence-electron chi connectivity index (χ4n) is 1.35. The second-order valence-corrected chi connectivity index (χ2v) is 5.11. The number of nitrogens with one attached hydrogen (secondary N) is 1. The first-order valence-electron chi connectivity index (χ1n) is 5.24. The summed E-state index contributed by atoms with van der Waals surface area (Å²) in [6.45, 7) is 5.71. The van der Waals surface area contributed by atoms with Gasteiger partial charge < -0.3 is 10.1 Å². The zero-order valence-electron chi connectivity index (χ0n) is 9.79. The quantitative estimate of drug-likeness (QED) is 0.714. The number of amides is 1. The monoisotopic (exact) mass is 213 g/mol. The van der Waals surface area contributed by atoms with Crippen molar-refractivity contribution in [1.82, 2.24) is 5.32 Å². The van der Waals surface area contributed by atoms with Crippen LogP contribution in [-0.4, -0.2) is 25.0 Å². The second-order valence-electron chi connectivity index (χ2n) is 5.11. The van der Waals surface area contributed by atoms with Crippen LogP contribution in [0, 0.1) is 11.3 Å². The Morgan fingerprint density at radius 1 is 1.33 bits per heavy atom. The van der Waals surface area contributed by atoms with Crippen molar-refractivity contribution in [2.45, 2.75) is 39.7 Å². The maximum atomic E-state index is 11.6. The molecular weight excluding hydrogens is 194 g/mol. The number of carbonyl (C=O) groups excluding carboxylic acids is 2. The molecule has 0 saturated heterocycles. The Hall–Kier alpha value is -1.06. The van der Waals surface area contributed by atoms with Crippen LogP contribution in [0.1, 0.15) is 33.6 Å². The van der Waals surface area contributed by atoms with E-state index in [0.29, 0.717) is 0 Å². The van der Waals surface area contributed by atoms with Gasteiger partial charge in [-0.1, -0.05) is 20.8 Å². The van der Waals surface area contributed by atoms with E-state index in [0.717, 1.165) is 12.8 Å². The zero-order valence-corrected chi connectivity index (χ0v) is 9.79. The highest BCUT2D eigenvalue weighted by molar-refractivity contribution is 5.87. The van der Waals surface area contributed by atoms with Crippen molar-refractivity contribution < 1.29 is 14.3 Å². The molecule has 1 aliphatic rings. The van der Waals surface area contributed by atoms with Gasteiger partial charge in [0.05, 0.1) is 7.11 Å². The molecule has 1 fully saturated rings. The Labute approximate surface area is 90.4 Å². The highest BCUT2D eigenvalue weighted by Crippen LogP contribution is 2.30. The Bertz CT molecular complexity index is 263. The van der Waals surface area contributed by atoms with Gasteiger partial charge in [-0.15, -0.1) is 0 Å². The first kappa shape index (κ1) is 12.0. The van der Waals surface area contributed by atoms with Crippen molar-refractivity contribution in [3.05, 3.63) is 0 Å². The van der Waals surface area contributed by atoms with Gasteiger partial charge >= 0.3 is 5.97 Å². The number of hydrogen-bond donors (Lipinski definition) is 1. The van der Waals surface area contributed by atoms with Gasteiger partial charge in [-0.2, -0.15) is 0 Å². The molecule has 0 aromatic rings. The minimum atomic E-state index is -0.560. The van der Waals surface area contributed by atoms with Gasteiger partial charge in [-0.3, -0.25) is 4.79 Å². The molecule has 1 atom stereocenters. The van der Waals surface area contributed by atoms with Crippen molar-refractivity contribution in [3.63, 3.8) is 0 Å². The molecule has 0 bridgehead atoms. The van der Waals surface area contributed by atoms with E-state index in [1.165, 1.54) is 7.11 Å². The van der Waals surface area contributed by atoms with Crippen molar-refractivity contribution in [2.75, 3.05) is 7.11 Å². The molecule has 0 aliphatic heterocycles. The third kappa shape index (κ3) is 3.22. The lowest BCUT2D eigenvalue weighted by Gasteiger charge is -2.29. The topological polar surface area (TPSA) is 55.4 Å².